The van der Waals surface area contributed by atoms with Crippen molar-refractivity contribution in [3.05, 3.63) is 58.7 Å². The third-order valence-corrected chi connectivity index (χ3v) is 3.96. The summed E-state index contributed by atoms with van der Waals surface area (Å²) in [5, 5.41) is 3.43. The molecule has 0 bridgehead atoms. The zero-order valence-corrected chi connectivity index (χ0v) is 13.7. The second kappa shape index (κ2) is 6.77. The molecule has 0 saturated carbocycles. The Hall–Kier alpha value is -1.80. The topological polar surface area (TPSA) is 21.3 Å². The molecule has 0 aliphatic carbocycles. The van der Waals surface area contributed by atoms with Gasteiger partial charge in [-0.1, -0.05) is 31.2 Å². The largest absolute Gasteiger partial charge is 0.457 e. The van der Waals surface area contributed by atoms with Gasteiger partial charge in [0.2, 0.25) is 0 Å². The van der Waals surface area contributed by atoms with Crippen LogP contribution in [0.3, 0.4) is 0 Å². The third-order valence-electron chi connectivity index (χ3n) is 3.96. The summed E-state index contributed by atoms with van der Waals surface area (Å²) in [4.78, 5) is 0. The van der Waals surface area contributed by atoms with Gasteiger partial charge >= 0.3 is 0 Å². The van der Waals surface area contributed by atoms with Gasteiger partial charge < -0.3 is 10.1 Å². The predicted molar refractivity (Wildman–Crippen MR) is 89.3 cm³/mol. The first-order valence-corrected chi connectivity index (χ1v) is 7.61. The molecule has 0 fully saturated rings. The van der Waals surface area contributed by atoms with Gasteiger partial charge in [0.1, 0.15) is 11.5 Å². The summed E-state index contributed by atoms with van der Waals surface area (Å²) >= 11 is 0. The Morgan fingerprint density at radius 2 is 1.76 bits per heavy atom. The molecule has 1 N–H and O–H groups in total. The van der Waals surface area contributed by atoms with Crippen LogP contribution in [0.4, 0.5) is 0 Å². The summed E-state index contributed by atoms with van der Waals surface area (Å²) < 4.78 is 6.16. The standard InChI is InChI=1S/C19H25NO/c1-6-20-16(5)17-8-7-9-18(12-17)21-19-14(3)11-10-13(2)15(19)4/h7-12,16,20H,6H2,1-5H3. The van der Waals surface area contributed by atoms with Crippen molar-refractivity contribution in [1.82, 2.24) is 5.32 Å². The molecule has 112 valence electrons. The van der Waals surface area contributed by atoms with Crippen LogP contribution >= 0.6 is 0 Å². The van der Waals surface area contributed by atoms with Crippen LogP contribution in [-0.2, 0) is 0 Å². The summed E-state index contributed by atoms with van der Waals surface area (Å²) in [6, 6.07) is 12.9. The molecule has 2 rings (SSSR count). The lowest BCUT2D eigenvalue weighted by Crippen LogP contribution is -2.17. The molecule has 2 aromatic carbocycles. The van der Waals surface area contributed by atoms with E-state index >= 15 is 0 Å². The molecule has 0 heterocycles. The van der Waals surface area contributed by atoms with E-state index in [4.69, 9.17) is 4.74 Å². The van der Waals surface area contributed by atoms with Gasteiger partial charge in [-0.25, -0.2) is 0 Å². The molecule has 0 aliphatic heterocycles. The van der Waals surface area contributed by atoms with Crippen molar-refractivity contribution in [2.24, 2.45) is 0 Å². The fourth-order valence-electron chi connectivity index (χ4n) is 2.47. The number of hydrogen-bond donors (Lipinski definition) is 1. The molecular formula is C19H25NO. The molecule has 0 spiro atoms. The predicted octanol–water partition coefficient (Wildman–Crippen LogP) is 5.07. The highest BCUT2D eigenvalue weighted by atomic mass is 16.5. The smallest absolute Gasteiger partial charge is 0.133 e. The number of nitrogens with one attached hydrogen (secondary N) is 1. The van der Waals surface area contributed by atoms with Crippen LogP contribution in [0.1, 0.15) is 42.1 Å². The average Bonchev–Trinajstić information content (AvgIpc) is 2.48. The SMILES string of the molecule is CCNC(C)c1cccc(Oc2c(C)ccc(C)c2C)c1. The van der Waals surface area contributed by atoms with Gasteiger partial charge in [0, 0.05) is 6.04 Å². The minimum Gasteiger partial charge on any atom is -0.457 e. The van der Waals surface area contributed by atoms with Crippen molar-refractivity contribution in [2.45, 2.75) is 40.7 Å². The van der Waals surface area contributed by atoms with Crippen molar-refractivity contribution in [2.75, 3.05) is 6.54 Å². The number of rotatable bonds is 5. The summed E-state index contributed by atoms with van der Waals surface area (Å²) in [6.45, 7) is 11.6. The van der Waals surface area contributed by atoms with E-state index in [9.17, 15) is 0 Å². The maximum atomic E-state index is 6.16. The minimum atomic E-state index is 0.332. The average molecular weight is 283 g/mol. The lowest BCUT2D eigenvalue weighted by molar-refractivity contribution is 0.472. The Balaban J connectivity index is 2.28. The molecule has 2 nitrogen and oxygen atoms in total. The number of benzene rings is 2. The Morgan fingerprint density at radius 3 is 2.48 bits per heavy atom. The van der Waals surface area contributed by atoms with Crippen LogP contribution in [0, 0.1) is 20.8 Å². The fraction of sp³-hybridized carbons (Fsp3) is 0.368. The maximum absolute atomic E-state index is 6.16. The van der Waals surface area contributed by atoms with Gasteiger partial charge in [0.05, 0.1) is 0 Å². The van der Waals surface area contributed by atoms with E-state index in [0.717, 1.165) is 18.0 Å². The summed E-state index contributed by atoms with van der Waals surface area (Å²) in [5.41, 5.74) is 4.88. The van der Waals surface area contributed by atoms with Crippen LogP contribution in [0.2, 0.25) is 0 Å². The van der Waals surface area contributed by atoms with Gasteiger partial charge in [-0.15, -0.1) is 0 Å². The first kappa shape index (κ1) is 15.6. The molecule has 0 saturated heterocycles. The van der Waals surface area contributed by atoms with Crippen LogP contribution in [0.15, 0.2) is 36.4 Å². The highest BCUT2D eigenvalue weighted by molar-refractivity contribution is 5.47. The molecule has 2 heteroatoms. The van der Waals surface area contributed by atoms with E-state index in [1.807, 2.05) is 6.07 Å². The maximum Gasteiger partial charge on any atom is 0.133 e. The van der Waals surface area contributed by atoms with Crippen LogP contribution in [0.5, 0.6) is 11.5 Å². The van der Waals surface area contributed by atoms with Crippen molar-refractivity contribution in [1.29, 1.82) is 0 Å². The summed E-state index contributed by atoms with van der Waals surface area (Å²) in [6.07, 6.45) is 0. The van der Waals surface area contributed by atoms with Gasteiger partial charge in [-0.2, -0.15) is 0 Å². The Labute approximate surface area is 128 Å². The molecule has 1 unspecified atom stereocenters. The summed E-state index contributed by atoms with van der Waals surface area (Å²) in [7, 11) is 0. The molecule has 1 atom stereocenters. The molecular weight excluding hydrogens is 258 g/mol. The Kier molecular flexibility index (Phi) is 5.03. The second-order valence-electron chi connectivity index (χ2n) is 5.61. The van der Waals surface area contributed by atoms with Gasteiger partial charge in [-0.3, -0.25) is 0 Å². The van der Waals surface area contributed by atoms with Crippen molar-refractivity contribution in [3.8, 4) is 11.5 Å². The fourth-order valence-corrected chi connectivity index (χ4v) is 2.47. The first-order valence-electron chi connectivity index (χ1n) is 7.61. The van der Waals surface area contributed by atoms with Crippen LogP contribution in [0.25, 0.3) is 0 Å². The highest BCUT2D eigenvalue weighted by Gasteiger charge is 2.09. The number of aryl methyl sites for hydroxylation is 2. The number of hydrogen-bond acceptors (Lipinski definition) is 2. The zero-order valence-electron chi connectivity index (χ0n) is 13.7. The van der Waals surface area contributed by atoms with E-state index < -0.39 is 0 Å². The molecule has 0 aliphatic rings. The van der Waals surface area contributed by atoms with Gasteiger partial charge in [0.25, 0.3) is 0 Å². The first-order chi connectivity index (χ1) is 10.0. The van der Waals surface area contributed by atoms with Crippen LogP contribution < -0.4 is 10.1 Å². The third kappa shape index (κ3) is 3.64. The second-order valence-corrected chi connectivity index (χ2v) is 5.61. The molecule has 2 aromatic rings. The monoisotopic (exact) mass is 283 g/mol. The molecule has 0 aromatic heterocycles. The van der Waals surface area contributed by atoms with Gasteiger partial charge in [0.15, 0.2) is 0 Å². The molecule has 0 amide bonds. The van der Waals surface area contributed by atoms with Crippen molar-refractivity contribution >= 4 is 0 Å². The normalized spacial score (nSPS) is 12.2. The zero-order chi connectivity index (χ0) is 15.4. The van der Waals surface area contributed by atoms with E-state index in [1.165, 1.54) is 22.3 Å². The van der Waals surface area contributed by atoms with E-state index in [2.05, 4.69) is 70.3 Å². The van der Waals surface area contributed by atoms with Crippen LogP contribution in [-0.4, -0.2) is 6.54 Å². The Bertz CT molecular complexity index is 619. The minimum absolute atomic E-state index is 0.332. The molecule has 21 heavy (non-hydrogen) atoms. The lowest BCUT2D eigenvalue weighted by Gasteiger charge is -2.16. The van der Waals surface area contributed by atoms with Gasteiger partial charge in [-0.05, 0) is 68.6 Å². The Morgan fingerprint density at radius 1 is 1.05 bits per heavy atom. The quantitative estimate of drug-likeness (QED) is 0.826. The van der Waals surface area contributed by atoms with Crippen molar-refractivity contribution in [3.63, 3.8) is 0 Å². The number of ether oxygens (including phenoxy) is 1. The van der Waals surface area contributed by atoms with E-state index in [-0.39, 0.29) is 0 Å². The summed E-state index contributed by atoms with van der Waals surface area (Å²) in [5.74, 6) is 1.87. The van der Waals surface area contributed by atoms with Crippen molar-refractivity contribution < 1.29 is 4.74 Å². The van der Waals surface area contributed by atoms with E-state index in [0.29, 0.717) is 6.04 Å². The lowest BCUT2D eigenvalue weighted by atomic mass is 10.0. The van der Waals surface area contributed by atoms with E-state index in [1.54, 1.807) is 0 Å². The molecule has 0 radical (unpaired) electrons. The highest BCUT2D eigenvalue weighted by Crippen LogP contribution is 2.31.